The summed E-state index contributed by atoms with van der Waals surface area (Å²) in [5, 5.41) is 27.6. The van der Waals surface area contributed by atoms with Gasteiger partial charge in [-0.15, -0.1) is 22.8 Å². The van der Waals surface area contributed by atoms with E-state index in [2.05, 4.69) is 34.6 Å². The van der Waals surface area contributed by atoms with E-state index in [0.717, 1.165) is 36.5 Å². The molecular formula is C23H30N6O2S. The van der Waals surface area contributed by atoms with E-state index in [1.807, 2.05) is 32.2 Å². The van der Waals surface area contributed by atoms with Gasteiger partial charge in [0.2, 0.25) is 0 Å². The Balaban J connectivity index is 2.16. The number of nitrogens with zero attached hydrogens (tertiary/aromatic N) is 4. The van der Waals surface area contributed by atoms with Crippen molar-refractivity contribution in [2.24, 2.45) is 0 Å². The van der Waals surface area contributed by atoms with Crippen molar-refractivity contribution in [3.63, 3.8) is 0 Å². The number of benzene rings is 2. The molecule has 0 amide bonds. The average Bonchev–Trinajstić information content (AvgIpc) is 3.17. The van der Waals surface area contributed by atoms with Crippen LogP contribution in [0, 0.1) is 5.41 Å². The summed E-state index contributed by atoms with van der Waals surface area (Å²) in [6.45, 7) is 4.93. The van der Waals surface area contributed by atoms with E-state index in [1.165, 1.54) is 6.07 Å². The minimum atomic E-state index is -0.0362. The van der Waals surface area contributed by atoms with Crippen LogP contribution in [0.15, 0.2) is 35.5 Å². The number of aromatic nitrogens is 3. The molecule has 0 aliphatic rings. The van der Waals surface area contributed by atoms with E-state index in [4.69, 9.17) is 15.9 Å². The van der Waals surface area contributed by atoms with Crippen molar-refractivity contribution in [2.45, 2.75) is 38.3 Å². The summed E-state index contributed by atoms with van der Waals surface area (Å²) in [7, 11) is 3.68. The Morgan fingerprint density at radius 2 is 2.00 bits per heavy atom. The molecule has 3 rings (SSSR count). The Morgan fingerprint density at radius 3 is 2.66 bits per heavy atom. The lowest BCUT2D eigenvalue weighted by Crippen LogP contribution is -2.19. The third-order valence-electron chi connectivity index (χ3n) is 5.41. The van der Waals surface area contributed by atoms with Crippen LogP contribution in [0.1, 0.15) is 38.7 Å². The number of methoxy groups -OCH3 is 1. The number of thiol groups is 1. The van der Waals surface area contributed by atoms with E-state index >= 15 is 0 Å². The first-order valence-electron chi connectivity index (χ1n) is 10.6. The largest absolute Gasteiger partial charge is 0.507 e. The SMILES string of the molecule is CCCCN(C)c1cc(-n2c(S)nnc2-c2cc(C(=N)CC)c(N)cc2O)ccc1OC. The van der Waals surface area contributed by atoms with E-state index in [1.54, 1.807) is 17.7 Å². The lowest BCUT2D eigenvalue weighted by Gasteiger charge is -2.23. The fourth-order valence-electron chi connectivity index (χ4n) is 3.56. The Kier molecular flexibility index (Phi) is 7.29. The lowest BCUT2D eigenvalue weighted by atomic mass is 10.0. The van der Waals surface area contributed by atoms with Gasteiger partial charge in [-0.25, -0.2) is 0 Å². The van der Waals surface area contributed by atoms with Gasteiger partial charge in [0.25, 0.3) is 0 Å². The normalized spacial score (nSPS) is 10.9. The standard InChI is InChI=1S/C23H30N6O2S/c1-5-7-10-28(3)19-11-14(8-9-21(19)31-4)29-22(26-27-23(29)32)16-12-15(17(24)6-2)18(25)13-20(16)30/h8-9,11-13,24,30H,5-7,10,25H2,1-4H3,(H,27,32). The maximum absolute atomic E-state index is 10.6. The molecule has 4 N–H and O–H groups in total. The average molecular weight is 455 g/mol. The van der Waals surface area contributed by atoms with Crippen molar-refractivity contribution in [1.29, 1.82) is 5.41 Å². The quantitative estimate of drug-likeness (QED) is 0.215. The van der Waals surface area contributed by atoms with Gasteiger partial charge in [-0.05, 0) is 37.1 Å². The smallest absolute Gasteiger partial charge is 0.193 e. The Labute approximate surface area is 194 Å². The molecule has 0 spiro atoms. The van der Waals surface area contributed by atoms with Gasteiger partial charge in [0.15, 0.2) is 11.0 Å². The van der Waals surface area contributed by atoms with Crippen LogP contribution in [-0.2, 0) is 0 Å². The molecule has 32 heavy (non-hydrogen) atoms. The monoisotopic (exact) mass is 454 g/mol. The van der Waals surface area contributed by atoms with Crippen LogP contribution in [0.5, 0.6) is 11.5 Å². The zero-order valence-corrected chi connectivity index (χ0v) is 19.8. The highest BCUT2D eigenvalue weighted by atomic mass is 32.1. The number of nitrogen functional groups attached to an aromatic ring is 1. The molecule has 0 saturated heterocycles. The molecule has 0 saturated carbocycles. The molecular weight excluding hydrogens is 424 g/mol. The van der Waals surface area contributed by atoms with Crippen LogP contribution in [0.3, 0.4) is 0 Å². The van der Waals surface area contributed by atoms with E-state index in [0.29, 0.717) is 39.9 Å². The van der Waals surface area contributed by atoms with E-state index in [-0.39, 0.29) is 5.75 Å². The second-order valence-corrected chi connectivity index (χ2v) is 7.98. The number of aromatic hydroxyl groups is 1. The van der Waals surface area contributed by atoms with Gasteiger partial charge in [-0.2, -0.15) is 0 Å². The number of hydrogen-bond donors (Lipinski definition) is 4. The Hall–Kier alpha value is -3.20. The van der Waals surface area contributed by atoms with Gasteiger partial charge in [-0.3, -0.25) is 4.57 Å². The summed E-state index contributed by atoms with van der Waals surface area (Å²) >= 11 is 4.51. The third-order valence-corrected chi connectivity index (χ3v) is 5.70. The third kappa shape index (κ3) is 4.52. The minimum Gasteiger partial charge on any atom is -0.507 e. The number of hydrogen-bond acceptors (Lipinski definition) is 8. The van der Waals surface area contributed by atoms with Crippen LogP contribution >= 0.6 is 12.6 Å². The van der Waals surface area contributed by atoms with Crippen LogP contribution in [0.25, 0.3) is 17.1 Å². The Morgan fingerprint density at radius 1 is 1.25 bits per heavy atom. The number of ether oxygens (including phenoxy) is 1. The first-order valence-corrected chi connectivity index (χ1v) is 11.0. The van der Waals surface area contributed by atoms with Gasteiger partial charge >= 0.3 is 0 Å². The van der Waals surface area contributed by atoms with Crippen LogP contribution in [-0.4, -0.2) is 46.3 Å². The summed E-state index contributed by atoms with van der Waals surface area (Å²) < 4.78 is 7.33. The number of phenolic OH excluding ortho intramolecular Hbond substituents is 1. The fourth-order valence-corrected chi connectivity index (χ4v) is 3.81. The second kappa shape index (κ2) is 9.95. The van der Waals surface area contributed by atoms with Gasteiger partial charge in [0, 0.05) is 36.6 Å². The highest BCUT2D eigenvalue weighted by Gasteiger charge is 2.21. The maximum atomic E-state index is 10.6. The van der Waals surface area contributed by atoms with Crippen LogP contribution in [0.4, 0.5) is 11.4 Å². The molecule has 1 heterocycles. The summed E-state index contributed by atoms with van der Waals surface area (Å²) in [5.74, 6) is 1.13. The van der Waals surface area contributed by atoms with Gasteiger partial charge in [0.1, 0.15) is 11.5 Å². The van der Waals surface area contributed by atoms with Crippen LogP contribution in [0.2, 0.25) is 0 Å². The summed E-state index contributed by atoms with van der Waals surface area (Å²) in [4.78, 5) is 2.15. The molecule has 0 atom stereocenters. The summed E-state index contributed by atoms with van der Waals surface area (Å²) in [5.41, 5.74) is 9.47. The molecule has 170 valence electrons. The molecule has 9 heteroatoms. The number of phenols is 1. The molecule has 1 aromatic heterocycles. The lowest BCUT2D eigenvalue weighted by molar-refractivity contribution is 0.414. The molecule has 0 radical (unpaired) electrons. The van der Waals surface area contributed by atoms with Crippen molar-refractivity contribution in [1.82, 2.24) is 14.8 Å². The zero-order valence-electron chi connectivity index (χ0n) is 18.9. The molecule has 0 bridgehead atoms. The molecule has 2 aromatic carbocycles. The second-order valence-electron chi connectivity index (χ2n) is 7.58. The fraction of sp³-hybridized carbons (Fsp3) is 0.348. The molecule has 0 aliphatic carbocycles. The molecule has 8 nitrogen and oxygen atoms in total. The van der Waals surface area contributed by atoms with E-state index in [9.17, 15) is 5.11 Å². The highest BCUT2D eigenvalue weighted by Crippen LogP contribution is 2.37. The van der Waals surface area contributed by atoms with Gasteiger partial charge < -0.3 is 25.9 Å². The van der Waals surface area contributed by atoms with Crippen molar-refractivity contribution < 1.29 is 9.84 Å². The first-order chi connectivity index (χ1) is 15.3. The predicted molar refractivity (Wildman–Crippen MR) is 132 cm³/mol. The van der Waals surface area contributed by atoms with Crippen molar-refractivity contribution >= 4 is 29.7 Å². The van der Waals surface area contributed by atoms with Gasteiger partial charge in [0.05, 0.1) is 24.0 Å². The van der Waals surface area contributed by atoms with Crippen molar-refractivity contribution in [3.8, 4) is 28.6 Å². The minimum absolute atomic E-state index is 0.0362. The highest BCUT2D eigenvalue weighted by molar-refractivity contribution is 7.80. The Bertz CT molecular complexity index is 1130. The molecule has 0 aliphatic heterocycles. The first kappa shape index (κ1) is 23.5. The number of nitrogens with one attached hydrogen (secondary N) is 1. The molecule has 3 aromatic rings. The number of unbranched alkanes of at least 4 members (excludes halogenated alkanes) is 1. The maximum Gasteiger partial charge on any atom is 0.193 e. The van der Waals surface area contributed by atoms with Crippen LogP contribution < -0.4 is 15.4 Å². The summed E-state index contributed by atoms with van der Waals surface area (Å²) in [6.07, 6.45) is 2.67. The van der Waals surface area contributed by atoms with E-state index < -0.39 is 0 Å². The van der Waals surface area contributed by atoms with Crippen molar-refractivity contribution in [3.05, 3.63) is 35.9 Å². The molecule has 0 fully saturated rings. The van der Waals surface area contributed by atoms with Gasteiger partial charge in [-0.1, -0.05) is 20.3 Å². The number of nitrogens with two attached hydrogens (primary N) is 1. The predicted octanol–water partition coefficient (Wildman–Crippen LogP) is 4.53. The summed E-state index contributed by atoms with van der Waals surface area (Å²) in [6, 6.07) is 8.91. The molecule has 0 unspecified atom stereocenters. The zero-order chi connectivity index (χ0) is 23.4. The number of rotatable bonds is 9. The topological polar surface area (TPSA) is 113 Å². The number of anilines is 2. The van der Waals surface area contributed by atoms with Crippen molar-refractivity contribution in [2.75, 3.05) is 31.3 Å².